The maximum Gasteiger partial charge on any atom is 3.00 e. The number of hydrogen-bond donors (Lipinski definition) is 0. The number of rotatable bonds is 6. The molecule has 0 bridgehead atoms. The Hall–Kier alpha value is -0.596. The molecule has 2 aromatic carbocycles. The fourth-order valence-electron chi connectivity index (χ4n) is 3.91. The van der Waals surface area contributed by atoms with Crippen LogP contribution >= 0.6 is 0 Å². The van der Waals surface area contributed by atoms with Crippen molar-refractivity contribution in [3.63, 3.8) is 0 Å². The van der Waals surface area contributed by atoms with Crippen molar-refractivity contribution in [2.45, 2.75) is 64.2 Å². The molecule has 0 amide bonds. The number of unbranched alkanes of at least 4 members (excludes halogenated alkanes) is 1. The molecule has 0 atom stereocenters. The fraction of sp³-hybridized carbons (Fsp3) is 0.478. The summed E-state index contributed by atoms with van der Waals surface area (Å²) in [6, 6.07) is 13.9. The standard InChI is InChI=1S/C23H27F2.Y/c1-17-6-10-20(11-7-17)21-12-8-18(9-13-21)4-2-3-5-19-14-22(24)16-23(25)15-19;/h8-9,12-15,17,20H,2-7,10-11H2,1H3;/q-1;+3. The Morgan fingerprint density at radius 1 is 0.846 bits per heavy atom. The van der Waals surface area contributed by atoms with Gasteiger partial charge < -0.3 is 0 Å². The molecule has 0 saturated heterocycles. The topological polar surface area (TPSA) is 0 Å². The number of benzene rings is 2. The van der Waals surface area contributed by atoms with E-state index in [1.54, 1.807) is 0 Å². The summed E-state index contributed by atoms with van der Waals surface area (Å²) in [5, 5.41) is 0. The summed E-state index contributed by atoms with van der Waals surface area (Å²) >= 11 is 0. The van der Waals surface area contributed by atoms with Crippen molar-refractivity contribution in [2.24, 2.45) is 5.92 Å². The summed E-state index contributed by atoms with van der Waals surface area (Å²) in [7, 11) is 0. The van der Waals surface area contributed by atoms with E-state index in [9.17, 15) is 8.78 Å². The van der Waals surface area contributed by atoms with Crippen LogP contribution in [0.1, 0.15) is 68.1 Å². The van der Waals surface area contributed by atoms with Gasteiger partial charge in [0.1, 0.15) is 0 Å². The first-order valence-corrected chi connectivity index (χ1v) is 9.56. The van der Waals surface area contributed by atoms with Crippen LogP contribution in [0.25, 0.3) is 0 Å². The second kappa shape index (κ2) is 10.7. The largest absolute Gasteiger partial charge is 3.00 e. The quantitative estimate of drug-likeness (QED) is 0.357. The normalized spacial score (nSPS) is 19.8. The number of halogens is 2. The zero-order chi connectivity index (χ0) is 17.6. The predicted octanol–water partition coefficient (Wildman–Crippen LogP) is 6.62. The first-order valence-electron chi connectivity index (χ1n) is 9.56. The summed E-state index contributed by atoms with van der Waals surface area (Å²) in [6.45, 7) is 2.36. The Kier molecular flexibility index (Phi) is 8.90. The molecule has 1 fully saturated rings. The van der Waals surface area contributed by atoms with Crippen molar-refractivity contribution < 1.29 is 41.5 Å². The summed E-state index contributed by atoms with van der Waals surface area (Å²) in [4.78, 5) is 0. The second-order valence-corrected chi connectivity index (χ2v) is 7.59. The van der Waals surface area contributed by atoms with E-state index in [2.05, 4.69) is 31.2 Å². The van der Waals surface area contributed by atoms with E-state index in [4.69, 9.17) is 0 Å². The van der Waals surface area contributed by atoms with Gasteiger partial charge in [-0.3, -0.25) is 0 Å². The average molecular weight is 430 g/mol. The first kappa shape index (κ1) is 21.7. The maximum atomic E-state index is 13.1. The van der Waals surface area contributed by atoms with Gasteiger partial charge in [0.2, 0.25) is 0 Å². The van der Waals surface area contributed by atoms with Crippen molar-refractivity contribution in [1.82, 2.24) is 0 Å². The average Bonchev–Trinajstić information content (AvgIpc) is 2.59. The second-order valence-electron chi connectivity index (χ2n) is 7.59. The Morgan fingerprint density at radius 2 is 1.38 bits per heavy atom. The molecule has 1 aliphatic carbocycles. The molecule has 0 heterocycles. The minimum absolute atomic E-state index is 0. The van der Waals surface area contributed by atoms with Crippen LogP contribution in [0.15, 0.2) is 36.4 Å². The van der Waals surface area contributed by atoms with Crippen LogP contribution in [0, 0.1) is 23.6 Å². The molecule has 1 aliphatic rings. The van der Waals surface area contributed by atoms with Crippen LogP contribution in [0.5, 0.6) is 0 Å². The SMILES string of the molecule is CC1CCC(c2ccc(CCCCc3cc(F)[c-]c(F)c3)cc2)CC1.[Y+3]. The van der Waals surface area contributed by atoms with Crippen LogP contribution in [-0.4, -0.2) is 0 Å². The van der Waals surface area contributed by atoms with Gasteiger partial charge >= 0.3 is 32.7 Å². The first-order chi connectivity index (χ1) is 12.1. The molecule has 0 nitrogen and oxygen atoms in total. The molecule has 0 spiro atoms. The van der Waals surface area contributed by atoms with Crippen LogP contribution in [0.2, 0.25) is 0 Å². The third-order valence-corrected chi connectivity index (χ3v) is 5.51. The van der Waals surface area contributed by atoms with Crippen molar-refractivity contribution in [1.29, 1.82) is 0 Å². The molecule has 1 saturated carbocycles. The third kappa shape index (κ3) is 6.53. The molecular formula is C23H27F2Y+2. The Morgan fingerprint density at radius 3 is 1.96 bits per heavy atom. The molecule has 0 aromatic heterocycles. The molecular weight excluding hydrogens is 403 g/mol. The van der Waals surface area contributed by atoms with Gasteiger partial charge in [-0.2, -0.15) is 5.56 Å². The van der Waals surface area contributed by atoms with Crippen molar-refractivity contribution in [2.75, 3.05) is 0 Å². The minimum atomic E-state index is -0.609. The fourth-order valence-corrected chi connectivity index (χ4v) is 3.91. The van der Waals surface area contributed by atoms with E-state index in [1.807, 2.05) is 6.07 Å². The van der Waals surface area contributed by atoms with Crippen molar-refractivity contribution in [3.05, 3.63) is 70.8 Å². The van der Waals surface area contributed by atoms with E-state index in [1.165, 1.54) is 48.9 Å². The Labute approximate surface area is 181 Å². The monoisotopic (exact) mass is 430 g/mol. The van der Waals surface area contributed by atoms with Crippen LogP contribution in [-0.2, 0) is 45.6 Å². The molecule has 3 heteroatoms. The molecule has 2 aromatic rings. The Balaban J connectivity index is 0.00000243. The molecule has 0 N–H and O–H groups in total. The van der Waals surface area contributed by atoms with Crippen LogP contribution in [0.4, 0.5) is 8.78 Å². The molecule has 26 heavy (non-hydrogen) atoms. The molecule has 3 rings (SSSR count). The van der Waals surface area contributed by atoms with E-state index >= 15 is 0 Å². The number of hydrogen-bond acceptors (Lipinski definition) is 0. The van der Waals surface area contributed by atoms with Crippen LogP contribution < -0.4 is 0 Å². The smallest absolute Gasteiger partial charge is 0.236 e. The minimum Gasteiger partial charge on any atom is -0.236 e. The molecule has 134 valence electrons. The summed E-state index contributed by atoms with van der Waals surface area (Å²) < 4.78 is 26.2. The Bertz CT molecular complexity index is 653. The van der Waals surface area contributed by atoms with Gasteiger partial charge in [-0.15, -0.1) is 18.2 Å². The van der Waals surface area contributed by atoms with E-state index in [-0.39, 0.29) is 32.7 Å². The zero-order valence-corrected chi connectivity index (χ0v) is 18.4. The summed E-state index contributed by atoms with van der Waals surface area (Å²) in [5.41, 5.74) is 3.56. The van der Waals surface area contributed by atoms with Gasteiger partial charge in [-0.25, -0.2) is 8.78 Å². The van der Waals surface area contributed by atoms with Gasteiger partial charge in [0.25, 0.3) is 0 Å². The van der Waals surface area contributed by atoms with E-state index < -0.39 is 11.6 Å². The van der Waals surface area contributed by atoms with Gasteiger partial charge in [-0.05, 0) is 48.6 Å². The van der Waals surface area contributed by atoms with Gasteiger partial charge in [0.05, 0.1) is 0 Å². The third-order valence-electron chi connectivity index (χ3n) is 5.51. The van der Waals surface area contributed by atoms with E-state index in [0.29, 0.717) is 6.42 Å². The van der Waals surface area contributed by atoms with Crippen LogP contribution in [0.3, 0.4) is 0 Å². The molecule has 0 unspecified atom stereocenters. The maximum absolute atomic E-state index is 13.1. The van der Waals surface area contributed by atoms with Gasteiger partial charge in [0.15, 0.2) is 0 Å². The summed E-state index contributed by atoms with van der Waals surface area (Å²) in [5.74, 6) is 0.412. The number of aryl methyl sites for hydroxylation is 2. The zero-order valence-electron chi connectivity index (χ0n) is 15.6. The summed E-state index contributed by atoms with van der Waals surface area (Å²) in [6.07, 6.45) is 9.04. The van der Waals surface area contributed by atoms with E-state index in [0.717, 1.165) is 36.7 Å². The predicted molar refractivity (Wildman–Crippen MR) is 98.7 cm³/mol. The molecule has 0 radical (unpaired) electrons. The molecule has 0 aliphatic heterocycles. The van der Waals surface area contributed by atoms with Crippen molar-refractivity contribution in [3.8, 4) is 0 Å². The van der Waals surface area contributed by atoms with Crippen molar-refractivity contribution >= 4 is 0 Å². The van der Waals surface area contributed by atoms with Gasteiger partial charge in [-0.1, -0.05) is 56.9 Å². The van der Waals surface area contributed by atoms with Gasteiger partial charge in [0, 0.05) is 11.6 Å².